The summed E-state index contributed by atoms with van der Waals surface area (Å²) in [6, 6.07) is 5.80. The van der Waals surface area contributed by atoms with Crippen LogP contribution in [0.15, 0.2) is 18.2 Å². The van der Waals surface area contributed by atoms with Gasteiger partial charge in [-0.15, -0.1) is 0 Å². The molecule has 0 aliphatic carbocycles. The summed E-state index contributed by atoms with van der Waals surface area (Å²) in [6.07, 6.45) is 1.64. The van der Waals surface area contributed by atoms with Gasteiger partial charge in [-0.2, -0.15) is 0 Å². The molecule has 0 bridgehead atoms. The highest BCUT2D eigenvalue weighted by Crippen LogP contribution is 2.36. The van der Waals surface area contributed by atoms with Crippen LogP contribution in [0, 0.1) is 0 Å². The molecule has 0 aromatic heterocycles. The lowest BCUT2D eigenvalue weighted by Crippen LogP contribution is -2.30. The van der Waals surface area contributed by atoms with E-state index in [1.165, 1.54) is 7.11 Å². The summed E-state index contributed by atoms with van der Waals surface area (Å²) in [5.74, 6) is 1.37. The Morgan fingerprint density at radius 1 is 1.21 bits per heavy atom. The Bertz CT molecular complexity index is 461. The van der Waals surface area contributed by atoms with Crippen LogP contribution < -0.4 is 9.47 Å². The first-order valence-electron chi connectivity index (χ1n) is 6.27. The molecule has 1 aromatic rings. The number of ether oxygens (including phenoxy) is 3. The normalized spacial score (nSPS) is 18.3. The number of amides is 1. The first kappa shape index (κ1) is 13.5. The van der Waals surface area contributed by atoms with Gasteiger partial charge in [0.05, 0.1) is 27.4 Å². The molecule has 1 aliphatic heterocycles. The van der Waals surface area contributed by atoms with Gasteiger partial charge in [-0.05, 0) is 30.5 Å². The van der Waals surface area contributed by atoms with E-state index in [4.69, 9.17) is 14.2 Å². The van der Waals surface area contributed by atoms with Gasteiger partial charge >= 0.3 is 6.09 Å². The van der Waals surface area contributed by atoms with Gasteiger partial charge in [0.25, 0.3) is 0 Å². The van der Waals surface area contributed by atoms with E-state index in [9.17, 15) is 4.79 Å². The molecule has 1 atom stereocenters. The number of carbonyl (C=O) groups excluding carboxylic acids is 1. The molecule has 2 rings (SSSR count). The van der Waals surface area contributed by atoms with E-state index >= 15 is 0 Å². The molecule has 1 aliphatic rings. The average molecular weight is 265 g/mol. The highest BCUT2D eigenvalue weighted by molar-refractivity contribution is 5.68. The molecule has 0 saturated carbocycles. The fourth-order valence-corrected chi connectivity index (χ4v) is 2.51. The average Bonchev–Trinajstić information content (AvgIpc) is 2.95. The van der Waals surface area contributed by atoms with Gasteiger partial charge in [0.15, 0.2) is 11.5 Å². The van der Waals surface area contributed by atoms with Crippen LogP contribution in [0.2, 0.25) is 0 Å². The van der Waals surface area contributed by atoms with Crippen LogP contribution >= 0.6 is 0 Å². The SMILES string of the molecule is COC(=O)N1CCC[C@@H]1c1ccc(OC)c(OC)c1. The second-order valence-corrected chi connectivity index (χ2v) is 4.44. The highest BCUT2D eigenvalue weighted by Gasteiger charge is 2.31. The fourth-order valence-electron chi connectivity index (χ4n) is 2.51. The number of likely N-dealkylation sites (tertiary alicyclic amines) is 1. The molecule has 1 amide bonds. The number of hydrogen-bond donors (Lipinski definition) is 0. The molecule has 1 heterocycles. The molecule has 1 saturated heterocycles. The Morgan fingerprint density at radius 3 is 2.58 bits per heavy atom. The van der Waals surface area contributed by atoms with Crippen molar-refractivity contribution >= 4 is 6.09 Å². The molecule has 0 N–H and O–H groups in total. The standard InChI is InChI=1S/C14H19NO4/c1-17-12-7-6-10(9-13(12)18-2)11-5-4-8-15(11)14(16)19-3/h6-7,9,11H,4-5,8H2,1-3H3/t11-/m1/s1. The Hall–Kier alpha value is -1.91. The van der Waals surface area contributed by atoms with Gasteiger partial charge in [-0.25, -0.2) is 4.79 Å². The van der Waals surface area contributed by atoms with E-state index in [2.05, 4.69) is 0 Å². The topological polar surface area (TPSA) is 48.0 Å². The van der Waals surface area contributed by atoms with Crippen molar-refractivity contribution in [3.05, 3.63) is 23.8 Å². The third kappa shape index (κ3) is 2.59. The van der Waals surface area contributed by atoms with E-state index in [0.29, 0.717) is 11.5 Å². The van der Waals surface area contributed by atoms with Gasteiger partial charge in [0, 0.05) is 6.54 Å². The zero-order chi connectivity index (χ0) is 13.8. The molecule has 104 valence electrons. The smallest absolute Gasteiger partial charge is 0.409 e. The first-order chi connectivity index (χ1) is 9.21. The summed E-state index contributed by atoms with van der Waals surface area (Å²) >= 11 is 0. The second-order valence-electron chi connectivity index (χ2n) is 4.44. The number of methoxy groups -OCH3 is 3. The van der Waals surface area contributed by atoms with Crippen molar-refractivity contribution in [2.75, 3.05) is 27.9 Å². The Labute approximate surface area is 113 Å². The highest BCUT2D eigenvalue weighted by atomic mass is 16.5. The summed E-state index contributed by atoms with van der Waals surface area (Å²) in [7, 11) is 4.62. The second kappa shape index (κ2) is 5.82. The predicted octanol–water partition coefficient (Wildman–Crippen LogP) is 2.61. The molecule has 0 radical (unpaired) electrons. The van der Waals surface area contributed by atoms with Crippen LogP contribution in [-0.4, -0.2) is 38.9 Å². The Morgan fingerprint density at radius 2 is 1.95 bits per heavy atom. The van der Waals surface area contributed by atoms with Crippen molar-refractivity contribution in [1.29, 1.82) is 0 Å². The van der Waals surface area contributed by atoms with E-state index in [1.54, 1.807) is 19.1 Å². The van der Waals surface area contributed by atoms with E-state index in [1.807, 2.05) is 18.2 Å². The first-order valence-corrected chi connectivity index (χ1v) is 6.27. The number of rotatable bonds is 3. The predicted molar refractivity (Wildman–Crippen MR) is 70.6 cm³/mol. The van der Waals surface area contributed by atoms with Crippen molar-refractivity contribution in [3.63, 3.8) is 0 Å². The lowest BCUT2D eigenvalue weighted by atomic mass is 10.0. The lowest BCUT2D eigenvalue weighted by Gasteiger charge is -2.24. The number of hydrogen-bond acceptors (Lipinski definition) is 4. The molecular formula is C14H19NO4. The summed E-state index contributed by atoms with van der Waals surface area (Å²) in [5, 5.41) is 0. The lowest BCUT2D eigenvalue weighted by molar-refractivity contribution is 0.119. The minimum Gasteiger partial charge on any atom is -0.493 e. The monoisotopic (exact) mass is 265 g/mol. The van der Waals surface area contributed by atoms with Gasteiger partial charge in [0.1, 0.15) is 0 Å². The minimum absolute atomic E-state index is 0.0484. The minimum atomic E-state index is -0.280. The largest absolute Gasteiger partial charge is 0.493 e. The van der Waals surface area contributed by atoms with Gasteiger partial charge in [-0.3, -0.25) is 0 Å². The van der Waals surface area contributed by atoms with Crippen LogP contribution in [0.3, 0.4) is 0 Å². The van der Waals surface area contributed by atoms with Crippen LogP contribution in [0.1, 0.15) is 24.4 Å². The van der Waals surface area contributed by atoms with E-state index in [-0.39, 0.29) is 12.1 Å². The maximum absolute atomic E-state index is 11.7. The molecule has 19 heavy (non-hydrogen) atoms. The number of nitrogens with zero attached hydrogens (tertiary/aromatic N) is 1. The Balaban J connectivity index is 2.28. The van der Waals surface area contributed by atoms with Gasteiger partial charge in [-0.1, -0.05) is 6.07 Å². The molecule has 5 nitrogen and oxygen atoms in total. The van der Waals surface area contributed by atoms with Crippen molar-refractivity contribution in [2.24, 2.45) is 0 Å². The fraction of sp³-hybridized carbons (Fsp3) is 0.500. The third-order valence-electron chi connectivity index (χ3n) is 3.45. The molecule has 5 heteroatoms. The van der Waals surface area contributed by atoms with Gasteiger partial charge < -0.3 is 19.1 Å². The third-order valence-corrected chi connectivity index (χ3v) is 3.45. The summed E-state index contributed by atoms with van der Waals surface area (Å²) < 4.78 is 15.3. The van der Waals surface area contributed by atoms with E-state index in [0.717, 1.165) is 24.9 Å². The van der Waals surface area contributed by atoms with Crippen LogP contribution in [0.25, 0.3) is 0 Å². The molecular weight excluding hydrogens is 246 g/mol. The van der Waals surface area contributed by atoms with E-state index < -0.39 is 0 Å². The summed E-state index contributed by atoms with van der Waals surface area (Å²) in [5.41, 5.74) is 1.04. The van der Waals surface area contributed by atoms with Crippen molar-refractivity contribution in [2.45, 2.75) is 18.9 Å². The molecule has 1 fully saturated rings. The van der Waals surface area contributed by atoms with Gasteiger partial charge in [0.2, 0.25) is 0 Å². The maximum Gasteiger partial charge on any atom is 0.409 e. The van der Waals surface area contributed by atoms with Crippen molar-refractivity contribution < 1.29 is 19.0 Å². The van der Waals surface area contributed by atoms with Crippen LogP contribution in [-0.2, 0) is 4.74 Å². The van der Waals surface area contributed by atoms with Crippen LogP contribution in [0.5, 0.6) is 11.5 Å². The summed E-state index contributed by atoms with van der Waals surface area (Å²) in [6.45, 7) is 0.728. The Kier molecular flexibility index (Phi) is 4.14. The van der Waals surface area contributed by atoms with Crippen molar-refractivity contribution in [1.82, 2.24) is 4.90 Å². The molecule has 0 unspecified atom stereocenters. The zero-order valence-corrected chi connectivity index (χ0v) is 11.5. The van der Waals surface area contributed by atoms with Crippen molar-refractivity contribution in [3.8, 4) is 11.5 Å². The molecule has 0 spiro atoms. The number of carbonyl (C=O) groups is 1. The quantitative estimate of drug-likeness (QED) is 0.843. The number of benzene rings is 1. The summed E-state index contributed by atoms with van der Waals surface area (Å²) in [4.78, 5) is 13.5. The molecule has 1 aromatic carbocycles. The van der Waals surface area contributed by atoms with Crippen LogP contribution in [0.4, 0.5) is 4.79 Å². The zero-order valence-electron chi connectivity index (χ0n) is 11.5. The maximum atomic E-state index is 11.7.